The zero-order chi connectivity index (χ0) is 11.9. The molecule has 5 nitrogen and oxygen atoms in total. The van der Waals surface area contributed by atoms with Crippen molar-refractivity contribution in [3.05, 3.63) is 0 Å². The molecule has 0 amide bonds. The van der Waals surface area contributed by atoms with Crippen molar-refractivity contribution in [1.29, 1.82) is 5.41 Å². The largest absolute Gasteiger partial charge is 0.480 e. The van der Waals surface area contributed by atoms with Crippen LogP contribution in [0.1, 0.15) is 6.92 Å². The molecule has 1 atom stereocenters. The topological polar surface area (TPSA) is 99.2 Å². The van der Waals surface area contributed by atoms with Gasteiger partial charge in [-0.05, 0) is 6.92 Å². The Bertz CT molecular complexity index is 240. The summed E-state index contributed by atoms with van der Waals surface area (Å²) in [4.78, 5) is 10.6. The van der Waals surface area contributed by atoms with Crippen molar-refractivity contribution in [2.45, 2.75) is 12.5 Å². The number of hydrogen-bond donors (Lipinski definition) is 4. The summed E-state index contributed by atoms with van der Waals surface area (Å²) in [6, 6.07) is 0. The first-order chi connectivity index (χ1) is 6.92. The van der Waals surface area contributed by atoms with E-state index in [-0.39, 0.29) is 5.75 Å². The summed E-state index contributed by atoms with van der Waals surface area (Å²) in [6.45, 7) is 1.07. The Morgan fingerprint density at radius 3 is 2.73 bits per heavy atom. The number of hydrogen-bond acceptors (Lipinski definition) is 4. The lowest BCUT2D eigenvalue weighted by Gasteiger charge is -2.20. The summed E-state index contributed by atoms with van der Waals surface area (Å²) in [5, 5.41) is 18.5. The van der Waals surface area contributed by atoms with Gasteiger partial charge in [0, 0.05) is 18.1 Å². The average Bonchev–Trinajstić information content (AvgIpc) is 2.16. The minimum atomic E-state index is -1.79. The number of carboxylic acid groups (broad SMARTS) is 1. The monoisotopic (exact) mass is 237 g/mol. The van der Waals surface area contributed by atoms with Crippen LogP contribution in [0.3, 0.4) is 0 Å². The first kappa shape index (κ1) is 14.2. The number of alkyl halides is 1. The number of carbonyl (C=O) groups is 1. The molecule has 0 aliphatic carbocycles. The molecule has 0 radical (unpaired) electrons. The Kier molecular flexibility index (Phi) is 6.26. The van der Waals surface area contributed by atoms with Crippen molar-refractivity contribution >= 4 is 23.6 Å². The van der Waals surface area contributed by atoms with E-state index >= 15 is 0 Å². The third-order valence-corrected chi connectivity index (χ3v) is 2.87. The Morgan fingerprint density at radius 1 is 1.73 bits per heavy atom. The Morgan fingerprint density at radius 2 is 2.33 bits per heavy atom. The van der Waals surface area contributed by atoms with E-state index in [1.54, 1.807) is 6.92 Å². The fourth-order valence-electron chi connectivity index (χ4n) is 0.722. The first-order valence-corrected chi connectivity index (χ1v) is 5.53. The van der Waals surface area contributed by atoms with Gasteiger partial charge in [0.25, 0.3) is 0 Å². The molecule has 0 saturated carbocycles. The maximum Gasteiger partial charge on any atom is 0.327 e. The van der Waals surface area contributed by atoms with Gasteiger partial charge in [-0.3, -0.25) is 10.2 Å². The lowest BCUT2D eigenvalue weighted by Crippen LogP contribution is -2.52. The number of nitrogens with one attached hydrogen (secondary N) is 2. The van der Waals surface area contributed by atoms with Gasteiger partial charge in [-0.1, -0.05) is 0 Å². The van der Waals surface area contributed by atoms with Crippen molar-refractivity contribution in [1.82, 2.24) is 5.32 Å². The second-order valence-electron chi connectivity index (χ2n) is 3.20. The fraction of sp³-hybridized carbons (Fsp3) is 0.750. The molecular weight excluding hydrogens is 221 g/mol. The first-order valence-electron chi connectivity index (χ1n) is 4.37. The lowest BCUT2D eigenvalue weighted by atomic mass is 10.1. The lowest BCUT2D eigenvalue weighted by molar-refractivity contribution is -0.142. The van der Waals surface area contributed by atoms with Crippen LogP contribution in [0.4, 0.5) is 4.39 Å². The molecule has 0 aromatic heterocycles. The van der Waals surface area contributed by atoms with Crippen LogP contribution in [0.15, 0.2) is 0 Å². The van der Waals surface area contributed by atoms with Crippen LogP contribution in [0.25, 0.3) is 0 Å². The molecule has 7 heteroatoms. The molecule has 0 bridgehead atoms. The molecule has 0 aliphatic rings. The van der Waals surface area contributed by atoms with Crippen molar-refractivity contribution in [3.8, 4) is 0 Å². The maximum absolute atomic E-state index is 12.4. The molecule has 0 heterocycles. The van der Waals surface area contributed by atoms with E-state index in [2.05, 4.69) is 5.32 Å². The van der Waals surface area contributed by atoms with Crippen molar-refractivity contribution in [2.75, 3.05) is 24.7 Å². The second kappa shape index (κ2) is 6.62. The molecule has 5 N–H and O–H groups in total. The fourth-order valence-corrected chi connectivity index (χ4v) is 1.68. The van der Waals surface area contributed by atoms with E-state index in [1.807, 2.05) is 0 Å². The summed E-state index contributed by atoms with van der Waals surface area (Å²) in [5.41, 5.74) is 3.54. The van der Waals surface area contributed by atoms with E-state index in [9.17, 15) is 9.18 Å². The number of halogens is 1. The number of rotatable bonds is 7. The van der Waals surface area contributed by atoms with E-state index in [4.69, 9.17) is 16.2 Å². The van der Waals surface area contributed by atoms with Gasteiger partial charge in [0.15, 0.2) is 5.54 Å². The van der Waals surface area contributed by atoms with Gasteiger partial charge in [0.1, 0.15) is 6.67 Å². The second-order valence-corrected chi connectivity index (χ2v) is 4.30. The number of aliphatic carboxylic acids is 1. The quantitative estimate of drug-likeness (QED) is 0.285. The molecule has 88 valence electrons. The van der Waals surface area contributed by atoms with Crippen LogP contribution < -0.4 is 11.1 Å². The molecule has 0 fully saturated rings. The molecule has 0 aromatic carbocycles. The molecular formula is C8H16FN3O2S. The summed E-state index contributed by atoms with van der Waals surface area (Å²) < 4.78 is 12.4. The van der Waals surface area contributed by atoms with Gasteiger partial charge in [-0.25, -0.2) is 4.39 Å². The Balaban J connectivity index is 3.73. The minimum Gasteiger partial charge on any atom is -0.480 e. The molecule has 0 spiro atoms. The number of carboxylic acids is 1. The van der Waals surface area contributed by atoms with E-state index in [1.165, 1.54) is 11.8 Å². The smallest absolute Gasteiger partial charge is 0.327 e. The minimum absolute atomic E-state index is 0.0254. The average molecular weight is 237 g/mol. The van der Waals surface area contributed by atoms with Crippen LogP contribution in [0.2, 0.25) is 0 Å². The predicted octanol–water partition coefficient (Wildman–Crippen LogP) is 0.0580. The molecule has 0 unspecified atom stereocenters. The molecule has 15 heavy (non-hydrogen) atoms. The summed E-state index contributed by atoms with van der Waals surface area (Å²) in [5.74, 6) is -0.368. The van der Waals surface area contributed by atoms with Gasteiger partial charge in [0.2, 0.25) is 0 Å². The van der Waals surface area contributed by atoms with Crippen LogP contribution >= 0.6 is 11.8 Å². The zero-order valence-electron chi connectivity index (χ0n) is 8.55. The predicted molar refractivity (Wildman–Crippen MR) is 59.3 cm³/mol. The molecule has 0 aliphatic heterocycles. The SMILES string of the molecule is CC(=N)NCCSC[C@@](N)(CF)C(=O)O. The van der Waals surface area contributed by atoms with Crippen molar-refractivity contribution in [2.24, 2.45) is 5.73 Å². The van der Waals surface area contributed by atoms with Crippen LogP contribution in [0.5, 0.6) is 0 Å². The highest BCUT2D eigenvalue weighted by molar-refractivity contribution is 7.99. The van der Waals surface area contributed by atoms with E-state index < -0.39 is 18.2 Å². The summed E-state index contributed by atoms with van der Waals surface area (Å²) in [6.07, 6.45) is 0. The highest BCUT2D eigenvalue weighted by atomic mass is 32.2. The van der Waals surface area contributed by atoms with Gasteiger partial charge in [0.05, 0.1) is 5.84 Å². The number of nitrogens with two attached hydrogens (primary N) is 1. The third-order valence-electron chi connectivity index (χ3n) is 1.66. The van der Waals surface area contributed by atoms with Crippen LogP contribution in [-0.4, -0.2) is 47.2 Å². The van der Waals surface area contributed by atoms with E-state index in [0.29, 0.717) is 18.1 Å². The van der Waals surface area contributed by atoms with Crippen molar-refractivity contribution in [3.63, 3.8) is 0 Å². The van der Waals surface area contributed by atoms with Crippen LogP contribution in [-0.2, 0) is 4.79 Å². The van der Waals surface area contributed by atoms with E-state index in [0.717, 1.165) is 0 Å². The molecule has 0 aromatic rings. The molecule has 0 rings (SSSR count). The highest BCUT2D eigenvalue weighted by Crippen LogP contribution is 2.11. The van der Waals surface area contributed by atoms with Gasteiger partial charge in [-0.2, -0.15) is 11.8 Å². The standard InChI is InChI=1S/C8H16FN3O2S/c1-6(10)12-2-3-15-5-8(11,4-9)7(13)14/h2-5,11H2,1H3,(H2,10,12)(H,13,14)/t8-/m0/s1. The van der Waals surface area contributed by atoms with Gasteiger partial charge >= 0.3 is 5.97 Å². The molecule has 0 saturated heterocycles. The Hall–Kier alpha value is -0.820. The third kappa shape index (κ3) is 5.58. The van der Waals surface area contributed by atoms with Crippen LogP contribution in [0, 0.1) is 5.41 Å². The van der Waals surface area contributed by atoms with Gasteiger partial charge < -0.3 is 16.2 Å². The highest BCUT2D eigenvalue weighted by Gasteiger charge is 2.33. The zero-order valence-corrected chi connectivity index (χ0v) is 9.36. The Labute approximate surface area is 92.1 Å². The summed E-state index contributed by atoms with van der Waals surface area (Å²) >= 11 is 1.25. The van der Waals surface area contributed by atoms with Crippen molar-refractivity contribution < 1.29 is 14.3 Å². The normalized spacial score (nSPS) is 14.3. The number of amidine groups is 1. The summed E-state index contributed by atoms with van der Waals surface area (Å²) in [7, 11) is 0. The van der Waals surface area contributed by atoms with Gasteiger partial charge in [-0.15, -0.1) is 0 Å². The maximum atomic E-state index is 12.4. The number of thioether (sulfide) groups is 1.